The van der Waals surface area contributed by atoms with E-state index in [1.165, 1.54) is 11.8 Å². The first-order valence-corrected chi connectivity index (χ1v) is 4.91. The summed E-state index contributed by atoms with van der Waals surface area (Å²) in [6.45, 7) is 1.71. The van der Waals surface area contributed by atoms with Crippen molar-refractivity contribution in [3.63, 3.8) is 0 Å². The summed E-state index contributed by atoms with van der Waals surface area (Å²) in [5, 5.41) is -0.240. The molecule has 6 heteroatoms. The predicted molar refractivity (Wildman–Crippen MR) is 47.2 cm³/mol. The normalized spacial score (nSPS) is 32.2. The van der Waals surface area contributed by atoms with Crippen LogP contribution in [0.5, 0.6) is 0 Å². The molecule has 0 spiro atoms. The molecule has 0 amide bonds. The lowest BCUT2D eigenvalue weighted by atomic mass is 10.5. The number of rotatable bonds is 0. The molecular formula is C5H5Cl3O2S. The number of halogens is 3. The molecule has 1 rings (SSSR count). The topological polar surface area (TPSA) is 26.3 Å². The van der Waals surface area contributed by atoms with Crippen molar-refractivity contribution in [1.82, 2.24) is 0 Å². The molecule has 1 saturated heterocycles. The standard InChI is InChI=1S/C5H5Cl3O2S/c1-2-3(9)10-4(11-2)5(6,7)8/h2,4H,1H3. The quantitative estimate of drug-likeness (QED) is 0.476. The van der Waals surface area contributed by atoms with Crippen LogP contribution in [-0.4, -0.2) is 20.4 Å². The van der Waals surface area contributed by atoms with E-state index >= 15 is 0 Å². The molecule has 0 aliphatic carbocycles. The Kier molecular flexibility index (Phi) is 2.85. The van der Waals surface area contributed by atoms with Gasteiger partial charge in [-0.2, -0.15) is 0 Å². The average Bonchev–Trinajstić information content (AvgIpc) is 2.11. The van der Waals surface area contributed by atoms with Crippen LogP contribution in [0.25, 0.3) is 0 Å². The molecule has 2 nitrogen and oxygen atoms in total. The SMILES string of the molecule is CC1SC(C(Cl)(Cl)Cl)OC1=O. The van der Waals surface area contributed by atoms with Crippen LogP contribution < -0.4 is 0 Å². The number of ether oxygens (including phenoxy) is 1. The molecule has 0 aromatic carbocycles. The summed E-state index contributed by atoms with van der Waals surface area (Å²) in [6.07, 6.45) is 0. The van der Waals surface area contributed by atoms with Gasteiger partial charge in [0.05, 0.1) is 0 Å². The summed E-state index contributed by atoms with van der Waals surface area (Å²) in [7, 11) is 0. The molecule has 0 N–H and O–H groups in total. The molecular weight excluding hydrogens is 230 g/mol. The van der Waals surface area contributed by atoms with E-state index in [0.29, 0.717) is 0 Å². The summed E-state index contributed by atoms with van der Waals surface area (Å²) >= 11 is 17.7. The second-order valence-corrected chi connectivity index (χ2v) is 5.87. The minimum Gasteiger partial charge on any atom is -0.446 e. The van der Waals surface area contributed by atoms with E-state index in [9.17, 15) is 4.79 Å². The average molecular weight is 236 g/mol. The highest BCUT2D eigenvalue weighted by molar-refractivity contribution is 8.01. The highest BCUT2D eigenvalue weighted by atomic mass is 35.6. The summed E-state index contributed by atoms with van der Waals surface area (Å²) in [5.74, 6) is -0.327. The maximum absolute atomic E-state index is 10.8. The van der Waals surface area contributed by atoms with Crippen molar-refractivity contribution in [1.29, 1.82) is 0 Å². The summed E-state index contributed by atoms with van der Waals surface area (Å²) in [4.78, 5) is 10.8. The molecule has 0 radical (unpaired) electrons. The number of cyclic esters (lactones) is 1. The van der Waals surface area contributed by atoms with E-state index < -0.39 is 9.23 Å². The van der Waals surface area contributed by atoms with Crippen LogP contribution in [0, 0.1) is 0 Å². The van der Waals surface area contributed by atoms with Crippen LogP contribution in [0.2, 0.25) is 0 Å². The van der Waals surface area contributed by atoms with Crippen LogP contribution in [-0.2, 0) is 9.53 Å². The third-order valence-electron chi connectivity index (χ3n) is 1.15. The van der Waals surface area contributed by atoms with Gasteiger partial charge in [0.25, 0.3) is 0 Å². The van der Waals surface area contributed by atoms with E-state index in [1.54, 1.807) is 6.92 Å². The van der Waals surface area contributed by atoms with Gasteiger partial charge in [0, 0.05) is 0 Å². The van der Waals surface area contributed by atoms with Crippen LogP contribution in [0.15, 0.2) is 0 Å². The minimum atomic E-state index is -1.52. The molecule has 2 atom stereocenters. The number of alkyl halides is 3. The number of carbonyl (C=O) groups excluding carboxylic acids is 1. The minimum absolute atomic E-state index is 0.240. The highest BCUT2D eigenvalue weighted by Gasteiger charge is 2.44. The van der Waals surface area contributed by atoms with Crippen molar-refractivity contribution in [3.05, 3.63) is 0 Å². The van der Waals surface area contributed by atoms with Gasteiger partial charge < -0.3 is 4.74 Å². The molecule has 0 saturated carbocycles. The van der Waals surface area contributed by atoms with E-state index in [1.807, 2.05) is 0 Å². The van der Waals surface area contributed by atoms with Crippen LogP contribution in [0.3, 0.4) is 0 Å². The van der Waals surface area contributed by atoms with Crippen molar-refractivity contribution >= 4 is 52.5 Å². The Morgan fingerprint density at radius 3 is 2.27 bits per heavy atom. The summed E-state index contributed by atoms with van der Waals surface area (Å²) in [5.41, 5.74) is -0.671. The van der Waals surface area contributed by atoms with E-state index in [4.69, 9.17) is 39.5 Å². The van der Waals surface area contributed by atoms with Gasteiger partial charge in [-0.1, -0.05) is 46.6 Å². The molecule has 0 aromatic rings. The fraction of sp³-hybridized carbons (Fsp3) is 0.800. The third-order valence-corrected chi connectivity index (χ3v) is 3.43. The first kappa shape index (κ1) is 9.78. The number of hydrogen-bond donors (Lipinski definition) is 0. The van der Waals surface area contributed by atoms with Crippen molar-refractivity contribution in [2.24, 2.45) is 0 Å². The monoisotopic (exact) mass is 234 g/mol. The largest absolute Gasteiger partial charge is 0.446 e. The van der Waals surface area contributed by atoms with Crippen molar-refractivity contribution in [2.75, 3.05) is 0 Å². The summed E-state index contributed by atoms with van der Waals surface area (Å²) in [6, 6.07) is 0. The first-order chi connectivity index (χ1) is 4.91. The van der Waals surface area contributed by atoms with Gasteiger partial charge in [0.1, 0.15) is 5.25 Å². The zero-order valence-electron chi connectivity index (χ0n) is 5.51. The summed E-state index contributed by atoms with van der Waals surface area (Å²) < 4.78 is 3.24. The molecule has 1 fully saturated rings. The zero-order chi connectivity index (χ0) is 8.65. The second kappa shape index (κ2) is 3.21. The van der Waals surface area contributed by atoms with Gasteiger partial charge in [-0.15, -0.1) is 0 Å². The van der Waals surface area contributed by atoms with Crippen LogP contribution in [0.4, 0.5) is 0 Å². The Morgan fingerprint density at radius 2 is 2.09 bits per heavy atom. The lowest BCUT2D eigenvalue weighted by molar-refractivity contribution is -0.141. The smallest absolute Gasteiger partial charge is 0.320 e. The molecule has 11 heavy (non-hydrogen) atoms. The van der Waals surface area contributed by atoms with Crippen LogP contribution in [0.1, 0.15) is 6.92 Å². The molecule has 0 bridgehead atoms. The van der Waals surface area contributed by atoms with Gasteiger partial charge >= 0.3 is 5.97 Å². The predicted octanol–water partition coefficient (Wildman–Crippen LogP) is 2.36. The maximum Gasteiger partial charge on any atom is 0.320 e. The Labute approximate surface area is 83.5 Å². The molecule has 1 heterocycles. The van der Waals surface area contributed by atoms with Crippen molar-refractivity contribution in [3.8, 4) is 0 Å². The van der Waals surface area contributed by atoms with Crippen molar-refractivity contribution in [2.45, 2.75) is 21.4 Å². The lowest BCUT2D eigenvalue weighted by Crippen LogP contribution is -2.22. The number of thioether (sulfide) groups is 1. The Bertz CT molecular complexity index is 179. The first-order valence-electron chi connectivity index (χ1n) is 2.84. The Morgan fingerprint density at radius 1 is 1.55 bits per heavy atom. The van der Waals surface area contributed by atoms with Gasteiger partial charge in [0.2, 0.25) is 3.79 Å². The molecule has 2 unspecified atom stereocenters. The van der Waals surface area contributed by atoms with Gasteiger partial charge in [-0.05, 0) is 6.92 Å². The van der Waals surface area contributed by atoms with Gasteiger partial charge in [-0.25, -0.2) is 0 Å². The number of hydrogen-bond acceptors (Lipinski definition) is 3. The second-order valence-electron chi connectivity index (χ2n) is 2.09. The molecule has 1 aliphatic heterocycles. The lowest BCUT2D eigenvalue weighted by Gasteiger charge is -2.16. The zero-order valence-corrected chi connectivity index (χ0v) is 8.60. The van der Waals surface area contributed by atoms with E-state index in [-0.39, 0.29) is 11.2 Å². The molecule has 0 aromatic heterocycles. The fourth-order valence-electron chi connectivity index (χ4n) is 0.614. The van der Waals surface area contributed by atoms with Crippen molar-refractivity contribution < 1.29 is 9.53 Å². The van der Waals surface area contributed by atoms with Crippen LogP contribution >= 0.6 is 46.6 Å². The Balaban J connectivity index is 2.61. The number of carbonyl (C=O) groups is 1. The third kappa shape index (κ3) is 2.31. The Hall–Kier alpha value is 0.690. The molecule has 64 valence electrons. The maximum atomic E-state index is 10.8. The van der Waals surface area contributed by atoms with E-state index in [2.05, 4.69) is 0 Å². The molecule has 1 aliphatic rings. The highest BCUT2D eigenvalue weighted by Crippen LogP contribution is 2.43. The number of esters is 1. The fourth-order valence-corrected chi connectivity index (χ4v) is 2.05. The van der Waals surface area contributed by atoms with Gasteiger partial charge in [-0.3, -0.25) is 4.79 Å². The van der Waals surface area contributed by atoms with Gasteiger partial charge in [0.15, 0.2) is 5.44 Å². The van der Waals surface area contributed by atoms with E-state index in [0.717, 1.165) is 0 Å².